The maximum absolute atomic E-state index is 12.0. The summed E-state index contributed by atoms with van der Waals surface area (Å²) >= 11 is 1.91. The minimum atomic E-state index is 0.399. The molecule has 0 aromatic rings. The molecule has 0 aromatic carbocycles. The minimum absolute atomic E-state index is 0.399. The van der Waals surface area contributed by atoms with Gasteiger partial charge in [0.1, 0.15) is 5.78 Å². The van der Waals surface area contributed by atoms with Crippen LogP contribution in [0.5, 0.6) is 0 Å². The summed E-state index contributed by atoms with van der Waals surface area (Å²) in [6.45, 7) is 0. The normalized spacial score (nSPS) is 47.7. The second kappa shape index (κ2) is 3.01. The second-order valence-electron chi connectivity index (χ2n) is 4.69. The summed E-state index contributed by atoms with van der Waals surface area (Å²) in [4.78, 5) is 12.0. The van der Waals surface area contributed by atoms with E-state index in [0.29, 0.717) is 17.0 Å². The van der Waals surface area contributed by atoms with Crippen LogP contribution in [0.3, 0.4) is 0 Å². The van der Waals surface area contributed by atoms with Crippen molar-refractivity contribution in [3.8, 4) is 0 Å². The van der Waals surface area contributed by atoms with Crippen molar-refractivity contribution in [3.63, 3.8) is 0 Å². The molecule has 1 aliphatic heterocycles. The van der Waals surface area contributed by atoms with Crippen molar-refractivity contribution in [2.45, 2.75) is 37.4 Å². The molecule has 1 heterocycles. The monoisotopic (exact) mass is 196 g/mol. The molecule has 3 aliphatic rings. The molecule has 2 heteroatoms. The number of hydrogen-bond acceptors (Lipinski definition) is 2. The van der Waals surface area contributed by atoms with Gasteiger partial charge in [0, 0.05) is 5.92 Å². The molecule has 3 unspecified atom stereocenters. The summed E-state index contributed by atoms with van der Waals surface area (Å²) in [6.07, 6.45) is 6.51. The summed E-state index contributed by atoms with van der Waals surface area (Å²) in [6, 6.07) is 0. The van der Waals surface area contributed by atoms with E-state index >= 15 is 0 Å². The van der Waals surface area contributed by atoms with Gasteiger partial charge < -0.3 is 0 Å². The Hall–Kier alpha value is 0.0200. The van der Waals surface area contributed by atoms with Crippen molar-refractivity contribution in [3.05, 3.63) is 0 Å². The number of thioether (sulfide) groups is 1. The van der Waals surface area contributed by atoms with Crippen molar-refractivity contribution in [2.24, 2.45) is 17.8 Å². The zero-order valence-corrected chi connectivity index (χ0v) is 8.69. The highest BCUT2D eigenvalue weighted by atomic mass is 32.2. The summed E-state index contributed by atoms with van der Waals surface area (Å²) < 4.78 is 0. The first-order valence-corrected chi connectivity index (χ1v) is 6.58. The Kier molecular flexibility index (Phi) is 1.93. The minimum Gasteiger partial charge on any atom is -0.298 e. The highest BCUT2D eigenvalue weighted by Gasteiger charge is 2.57. The van der Waals surface area contributed by atoms with Crippen LogP contribution in [0.2, 0.25) is 0 Å². The van der Waals surface area contributed by atoms with E-state index in [1.165, 1.54) is 37.9 Å². The van der Waals surface area contributed by atoms with Crippen LogP contribution in [0.15, 0.2) is 0 Å². The lowest BCUT2D eigenvalue weighted by molar-refractivity contribution is -0.120. The fourth-order valence-electron chi connectivity index (χ4n) is 3.26. The molecule has 3 rings (SSSR count). The Morgan fingerprint density at radius 3 is 2.46 bits per heavy atom. The van der Waals surface area contributed by atoms with Crippen LogP contribution < -0.4 is 0 Å². The largest absolute Gasteiger partial charge is 0.298 e. The van der Waals surface area contributed by atoms with Crippen LogP contribution in [-0.2, 0) is 4.79 Å². The van der Waals surface area contributed by atoms with Crippen LogP contribution in [0.4, 0.5) is 0 Å². The Balaban J connectivity index is 1.63. The third-order valence-electron chi connectivity index (χ3n) is 3.98. The van der Waals surface area contributed by atoms with E-state index in [0.717, 1.165) is 11.8 Å². The van der Waals surface area contributed by atoms with Crippen LogP contribution in [-0.4, -0.2) is 16.8 Å². The molecule has 3 atom stereocenters. The number of fused-ring (bicyclic) bond motifs is 1. The molecule has 1 saturated heterocycles. The van der Waals surface area contributed by atoms with Gasteiger partial charge in [0.05, 0.1) is 5.25 Å². The van der Waals surface area contributed by atoms with E-state index in [1.807, 2.05) is 11.8 Å². The molecule has 0 N–H and O–H groups in total. The van der Waals surface area contributed by atoms with E-state index in [-0.39, 0.29) is 0 Å². The summed E-state index contributed by atoms with van der Waals surface area (Å²) in [5.74, 6) is 4.02. The number of hydrogen-bond donors (Lipinski definition) is 0. The first-order chi connectivity index (χ1) is 6.38. The Labute approximate surface area is 83.7 Å². The van der Waals surface area contributed by atoms with E-state index < -0.39 is 0 Å². The number of rotatable bonds is 2. The van der Waals surface area contributed by atoms with Gasteiger partial charge in [-0.15, -0.1) is 0 Å². The van der Waals surface area contributed by atoms with Crippen LogP contribution in [0, 0.1) is 17.8 Å². The Morgan fingerprint density at radius 1 is 1.08 bits per heavy atom. The lowest BCUT2D eigenvalue weighted by atomic mass is 10.0. The molecule has 0 radical (unpaired) electrons. The first kappa shape index (κ1) is 8.34. The molecule has 0 aromatic heterocycles. The Morgan fingerprint density at radius 2 is 1.85 bits per heavy atom. The van der Waals surface area contributed by atoms with E-state index in [2.05, 4.69) is 0 Å². The van der Waals surface area contributed by atoms with Gasteiger partial charge in [-0.3, -0.25) is 4.79 Å². The van der Waals surface area contributed by atoms with Crippen molar-refractivity contribution in [2.75, 3.05) is 5.75 Å². The fraction of sp³-hybridized carbons (Fsp3) is 0.909. The molecule has 3 fully saturated rings. The molecule has 72 valence electrons. The lowest BCUT2D eigenvalue weighted by Gasteiger charge is -2.08. The zero-order chi connectivity index (χ0) is 8.84. The van der Waals surface area contributed by atoms with Gasteiger partial charge in [0.25, 0.3) is 0 Å². The van der Waals surface area contributed by atoms with Gasteiger partial charge in [-0.2, -0.15) is 11.8 Å². The molecular formula is C11H16OS. The standard InChI is InChI=1S/C11H16OS/c12-11(9-5-2-6-13-9)10-7-3-1-4-8(7)10/h7-10H,1-6H2. The van der Waals surface area contributed by atoms with Gasteiger partial charge in [-0.1, -0.05) is 6.42 Å². The van der Waals surface area contributed by atoms with Crippen molar-refractivity contribution < 1.29 is 4.79 Å². The van der Waals surface area contributed by atoms with Gasteiger partial charge in [-0.25, -0.2) is 0 Å². The van der Waals surface area contributed by atoms with Crippen LogP contribution in [0.1, 0.15) is 32.1 Å². The predicted molar refractivity (Wildman–Crippen MR) is 54.8 cm³/mol. The SMILES string of the molecule is O=C(C1CCCS1)C1C2CCCC21. The van der Waals surface area contributed by atoms with E-state index in [9.17, 15) is 4.79 Å². The van der Waals surface area contributed by atoms with Gasteiger partial charge >= 0.3 is 0 Å². The van der Waals surface area contributed by atoms with Gasteiger partial charge in [0.15, 0.2) is 0 Å². The molecule has 2 aliphatic carbocycles. The second-order valence-corrected chi connectivity index (χ2v) is 6.00. The Bertz CT molecular complexity index is 222. The fourth-order valence-corrected chi connectivity index (χ4v) is 4.53. The predicted octanol–water partition coefficient (Wildman–Crippen LogP) is 2.50. The average molecular weight is 196 g/mol. The highest BCUT2D eigenvalue weighted by Crippen LogP contribution is 2.59. The third kappa shape index (κ3) is 1.25. The molecule has 0 spiro atoms. The van der Waals surface area contributed by atoms with Crippen molar-refractivity contribution in [1.29, 1.82) is 0 Å². The number of Topliss-reactive ketones (excluding diaryl/α,β-unsaturated/α-hetero) is 1. The maximum atomic E-state index is 12.0. The quantitative estimate of drug-likeness (QED) is 0.675. The number of carbonyl (C=O) groups excluding carboxylic acids is 1. The van der Waals surface area contributed by atoms with Crippen molar-refractivity contribution >= 4 is 17.5 Å². The maximum Gasteiger partial charge on any atom is 0.149 e. The van der Waals surface area contributed by atoms with Crippen LogP contribution >= 0.6 is 11.8 Å². The molecule has 0 amide bonds. The smallest absolute Gasteiger partial charge is 0.149 e. The first-order valence-electron chi connectivity index (χ1n) is 5.53. The molecule has 1 nitrogen and oxygen atoms in total. The van der Waals surface area contributed by atoms with E-state index in [4.69, 9.17) is 0 Å². The van der Waals surface area contributed by atoms with Crippen molar-refractivity contribution in [1.82, 2.24) is 0 Å². The van der Waals surface area contributed by atoms with Gasteiger partial charge in [0.2, 0.25) is 0 Å². The number of carbonyl (C=O) groups is 1. The summed E-state index contributed by atoms with van der Waals surface area (Å²) in [5.41, 5.74) is 0. The zero-order valence-electron chi connectivity index (χ0n) is 7.87. The topological polar surface area (TPSA) is 17.1 Å². The van der Waals surface area contributed by atoms with E-state index in [1.54, 1.807) is 0 Å². The molecule has 0 bridgehead atoms. The molecule has 13 heavy (non-hydrogen) atoms. The molecular weight excluding hydrogens is 180 g/mol. The highest BCUT2D eigenvalue weighted by molar-refractivity contribution is 8.00. The molecule has 2 saturated carbocycles. The number of ketones is 1. The van der Waals surface area contributed by atoms with Crippen LogP contribution in [0.25, 0.3) is 0 Å². The lowest BCUT2D eigenvalue weighted by Crippen LogP contribution is -2.18. The summed E-state index contributed by atoms with van der Waals surface area (Å²) in [7, 11) is 0. The third-order valence-corrected chi connectivity index (χ3v) is 5.38. The van der Waals surface area contributed by atoms with Gasteiger partial charge in [-0.05, 0) is 43.3 Å². The average Bonchev–Trinajstić information content (AvgIpc) is 2.68. The summed E-state index contributed by atoms with van der Waals surface area (Å²) in [5, 5.41) is 0.399.